The highest BCUT2D eigenvalue weighted by Crippen LogP contribution is 2.41. The van der Waals surface area contributed by atoms with E-state index in [1.165, 1.54) is 0 Å². The Hall–Kier alpha value is -2.84. The van der Waals surface area contributed by atoms with Gasteiger partial charge in [-0.1, -0.05) is 18.1 Å². The first-order valence-electron chi connectivity index (χ1n) is 8.33. The fraction of sp³-hybridized carbons (Fsp3) is 0.300. The van der Waals surface area contributed by atoms with Crippen molar-refractivity contribution in [2.75, 3.05) is 0 Å². The fourth-order valence-corrected chi connectivity index (χ4v) is 3.25. The molecule has 1 fully saturated rings. The number of nitrogens with one attached hydrogen (secondary N) is 1. The van der Waals surface area contributed by atoms with E-state index in [0.717, 1.165) is 33.7 Å². The number of rotatable bonds is 2. The number of fused-ring (bicyclic) bond motifs is 1. The maximum absolute atomic E-state index is 12.8. The second-order valence-corrected chi connectivity index (χ2v) is 6.37. The van der Waals surface area contributed by atoms with Gasteiger partial charge in [-0.25, -0.2) is 4.98 Å². The van der Waals surface area contributed by atoms with E-state index in [9.17, 15) is 4.79 Å². The highest BCUT2D eigenvalue weighted by atomic mass is 16.2. The van der Waals surface area contributed by atoms with E-state index in [0.29, 0.717) is 6.42 Å². The van der Waals surface area contributed by atoms with Crippen molar-refractivity contribution in [2.45, 2.75) is 39.3 Å². The Balaban J connectivity index is 2.12. The minimum atomic E-state index is -0.619. The van der Waals surface area contributed by atoms with Gasteiger partial charge in [0.2, 0.25) is 5.91 Å². The number of aryl methyl sites for hydroxylation is 1. The zero-order valence-corrected chi connectivity index (χ0v) is 14.7. The number of aromatic nitrogens is 2. The Labute approximate surface area is 147 Å². The number of hydrogen-bond donors (Lipinski definition) is 2. The summed E-state index contributed by atoms with van der Waals surface area (Å²) in [6, 6.07) is 5.19. The van der Waals surface area contributed by atoms with Gasteiger partial charge in [0.05, 0.1) is 28.8 Å². The molecule has 3 rings (SSSR count). The lowest BCUT2D eigenvalue weighted by atomic mass is 10.1. The van der Waals surface area contributed by atoms with Gasteiger partial charge in [-0.15, -0.1) is 6.42 Å². The average molecular weight is 334 g/mol. The van der Waals surface area contributed by atoms with Crippen molar-refractivity contribution >= 4 is 16.9 Å². The summed E-state index contributed by atoms with van der Waals surface area (Å²) < 4.78 is 0. The molecule has 1 saturated heterocycles. The number of H-pyrrole nitrogens is 1. The number of terminal acetylenes is 1. The zero-order valence-electron chi connectivity index (χ0n) is 14.7. The number of imidazole rings is 1. The molecular weight excluding hydrogens is 312 g/mol. The molecule has 1 aliphatic rings. The lowest BCUT2D eigenvalue weighted by Crippen LogP contribution is -2.41. The first-order valence-corrected chi connectivity index (χ1v) is 8.33. The summed E-state index contributed by atoms with van der Waals surface area (Å²) in [5.74, 6) is 3.11. The predicted octanol–water partition coefficient (Wildman–Crippen LogP) is 2.96. The van der Waals surface area contributed by atoms with E-state index in [4.69, 9.17) is 17.1 Å². The molecule has 25 heavy (non-hydrogen) atoms. The summed E-state index contributed by atoms with van der Waals surface area (Å²) in [5, 5.41) is 0. The third-order valence-corrected chi connectivity index (χ3v) is 4.48. The van der Waals surface area contributed by atoms with E-state index in [2.05, 4.69) is 10.9 Å². The van der Waals surface area contributed by atoms with Gasteiger partial charge in [0.1, 0.15) is 5.82 Å². The van der Waals surface area contributed by atoms with Crippen LogP contribution in [-0.4, -0.2) is 26.8 Å². The van der Waals surface area contributed by atoms with Crippen LogP contribution in [-0.2, 0) is 4.79 Å². The molecule has 1 amide bonds. The van der Waals surface area contributed by atoms with Crippen molar-refractivity contribution in [1.82, 2.24) is 14.9 Å². The quantitative estimate of drug-likeness (QED) is 0.829. The molecule has 0 bridgehead atoms. The largest absolute Gasteiger partial charge is 0.340 e. The molecule has 1 aliphatic heterocycles. The molecule has 2 aromatic rings. The number of carbonyl (C=O) groups is 1. The van der Waals surface area contributed by atoms with Gasteiger partial charge >= 0.3 is 0 Å². The summed E-state index contributed by atoms with van der Waals surface area (Å²) in [4.78, 5) is 22.5. The highest BCUT2D eigenvalue weighted by molar-refractivity contribution is 5.85. The second kappa shape index (κ2) is 6.58. The van der Waals surface area contributed by atoms with Crippen molar-refractivity contribution in [1.29, 1.82) is 0 Å². The third-order valence-electron chi connectivity index (χ3n) is 4.48. The van der Waals surface area contributed by atoms with Gasteiger partial charge in [0.25, 0.3) is 0 Å². The van der Waals surface area contributed by atoms with Gasteiger partial charge in [-0.2, -0.15) is 0 Å². The van der Waals surface area contributed by atoms with Gasteiger partial charge < -0.3 is 10.7 Å². The third kappa shape index (κ3) is 2.97. The lowest BCUT2D eigenvalue weighted by Gasteiger charge is -2.25. The van der Waals surface area contributed by atoms with Crippen LogP contribution in [0.15, 0.2) is 41.6 Å². The summed E-state index contributed by atoms with van der Waals surface area (Å²) in [5.41, 5.74) is 10.6. The van der Waals surface area contributed by atoms with Crippen LogP contribution in [0.1, 0.15) is 37.7 Å². The van der Waals surface area contributed by atoms with E-state index in [1.54, 1.807) is 17.9 Å². The molecule has 5 heteroatoms. The van der Waals surface area contributed by atoms with Crippen LogP contribution < -0.4 is 5.73 Å². The molecule has 2 unspecified atom stereocenters. The molecule has 1 aromatic heterocycles. The standard InChI is InChI=1S/C20H22N4O/c1-5-7-17-14(6-2)11-18(24(17)20(25)13(4)21)19-22-15-9-8-12(3)10-16(15)23-19/h1,6-10,13,18H,11,21H2,2-4H3,(H,22,23)/b14-6-,17-7+. The predicted molar refractivity (Wildman–Crippen MR) is 99.4 cm³/mol. The van der Waals surface area contributed by atoms with Gasteiger partial charge in [-0.3, -0.25) is 9.69 Å². The van der Waals surface area contributed by atoms with Crippen LogP contribution in [0.25, 0.3) is 11.0 Å². The van der Waals surface area contributed by atoms with Gasteiger partial charge in [0, 0.05) is 12.5 Å². The SMILES string of the molecule is C#C/C=C1\C(=C/C)CC(c2nc3ccc(C)cc3[nH]2)N1C(=O)C(C)N. The maximum Gasteiger partial charge on any atom is 0.244 e. The molecule has 2 heterocycles. The molecule has 1 aromatic carbocycles. The smallest absolute Gasteiger partial charge is 0.244 e. The molecule has 0 spiro atoms. The van der Waals surface area contributed by atoms with E-state index in [1.807, 2.05) is 38.1 Å². The van der Waals surface area contributed by atoms with E-state index in [-0.39, 0.29) is 11.9 Å². The fourth-order valence-electron chi connectivity index (χ4n) is 3.25. The summed E-state index contributed by atoms with van der Waals surface area (Å²) in [6.45, 7) is 5.66. The van der Waals surface area contributed by atoms with Crippen LogP contribution >= 0.6 is 0 Å². The normalized spacial score (nSPS) is 21.9. The Bertz CT molecular complexity index is 927. The number of carbonyl (C=O) groups excluding carboxylic acids is 1. The molecule has 128 valence electrons. The molecule has 0 saturated carbocycles. The Morgan fingerprint density at radius 3 is 2.96 bits per heavy atom. The monoisotopic (exact) mass is 334 g/mol. The van der Waals surface area contributed by atoms with Crippen LogP contribution in [0.2, 0.25) is 0 Å². The maximum atomic E-state index is 12.8. The number of allylic oxidation sites excluding steroid dienone is 3. The molecule has 2 atom stereocenters. The van der Waals surface area contributed by atoms with Crippen LogP contribution in [0.5, 0.6) is 0 Å². The summed E-state index contributed by atoms with van der Waals surface area (Å²) >= 11 is 0. The molecule has 3 N–H and O–H groups in total. The Morgan fingerprint density at radius 2 is 2.32 bits per heavy atom. The summed E-state index contributed by atoms with van der Waals surface area (Å²) in [7, 11) is 0. The number of aromatic amines is 1. The van der Waals surface area contributed by atoms with Crippen LogP contribution in [0.3, 0.4) is 0 Å². The van der Waals surface area contributed by atoms with Crippen molar-refractivity contribution < 1.29 is 4.79 Å². The number of hydrogen-bond acceptors (Lipinski definition) is 3. The van der Waals surface area contributed by atoms with Crippen LogP contribution in [0.4, 0.5) is 0 Å². The molecule has 0 radical (unpaired) electrons. The minimum Gasteiger partial charge on any atom is -0.340 e. The molecule has 0 aliphatic carbocycles. The van der Waals surface area contributed by atoms with Crippen molar-refractivity contribution in [3.05, 3.63) is 53.0 Å². The van der Waals surface area contributed by atoms with Crippen molar-refractivity contribution in [3.8, 4) is 12.3 Å². The zero-order chi connectivity index (χ0) is 18.1. The Kier molecular flexibility index (Phi) is 4.47. The first kappa shape index (κ1) is 17.0. The number of likely N-dealkylation sites (tertiary alicyclic amines) is 1. The number of nitrogens with two attached hydrogens (primary N) is 1. The number of nitrogens with zero attached hydrogens (tertiary/aromatic N) is 2. The number of amides is 1. The first-order chi connectivity index (χ1) is 12.0. The van der Waals surface area contributed by atoms with E-state index >= 15 is 0 Å². The number of benzene rings is 1. The average Bonchev–Trinajstić information content (AvgIpc) is 3.15. The highest BCUT2D eigenvalue weighted by Gasteiger charge is 2.39. The van der Waals surface area contributed by atoms with Crippen molar-refractivity contribution in [3.63, 3.8) is 0 Å². The van der Waals surface area contributed by atoms with Crippen LogP contribution in [0, 0.1) is 19.3 Å². The second-order valence-electron chi connectivity index (χ2n) is 6.37. The summed E-state index contributed by atoms with van der Waals surface area (Å²) in [6.07, 6.45) is 9.74. The minimum absolute atomic E-state index is 0.167. The van der Waals surface area contributed by atoms with Gasteiger partial charge in [0.15, 0.2) is 0 Å². The molecular formula is C20H22N4O. The van der Waals surface area contributed by atoms with Crippen molar-refractivity contribution in [2.24, 2.45) is 5.73 Å². The van der Waals surface area contributed by atoms with E-state index < -0.39 is 6.04 Å². The molecule has 5 nitrogen and oxygen atoms in total. The topological polar surface area (TPSA) is 75.0 Å². The Morgan fingerprint density at radius 1 is 1.56 bits per heavy atom. The lowest BCUT2D eigenvalue weighted by molar-refractivity contribution is -0.131. The van der Waals surface area contributed by atoms with Gasteiger partial charge in [-0.05, 0) is 44.0 Å².